The SMILES string of the molecule is Cc1ccc(C#Cc2cnc3ncsc3c2)cc1. The van der Waals surface area contributed by atoms with Crippen LogP contribution in [0.1, 0.15) is 16.7 Å². The molecule has 1 aromatic carbocycles. The van der Waals surface area contributed by atoms with Crippen molar-refractivity contribution in [2.45, 2.75) is 6.92 Å². The molecule has 2 aromatic heterocycles. The fraction of sp³-hybridized carbons (Fsp3) is 0.0667. The third-order valence-electron chi connectivity index (χ3n) is 2.59. The van der Waals surface area contributed by atoms with Crippen LogP contribution in [0.2, 0.25) is 0 Å². The van der Waals surface area contributed by atoms with Crippen LogP contribution < -0.4 is 0 Å². The van der Waals surface area contributed by atoms with Gasteiger partial charge in [0.05, 0.1) is 10.2 Å². The van der Waals surface area contributed by atoms with Crippen molar-refractivity contribution in [3.63, 3.8) is 0 Å². The average molecular weight is 250 g/mol. The molecule has 0 atom stereocenters. The summed E-state index contributed by atoms with van der Waals surface area (Å²) in [5.74, 6) is 6.27. The highest BCUT2D eigenvalue weighted by Crippen LogP contribution is 2.16. The minimum atomic E-state index is 0.792. The van der Waals surface area contributed by atoms with Crippen LogP contribution in [-0.2, 0) is 0 Å². The minimum absolute atomic E-state index is 0.792. The summed E-state index contributed by atoms with van der Waals surface area (Å²) in [6.07, 6.45) is 1.77. The number of benzene rings is 1. The van der Waals surface area contributed by atoms with Crippen molar-refractivity contribution in [2.24, 2.45) is 0 Å². The molecule has 0 bridgehead atoms. The van der Waals surface area contributed by atoms with Gasteiger partial charge in [-0.05, 0) is 25.1 Å². The fourth-order valence-corrected chi connectivity index (χ4v) is 2.28. The number of hydrogen-bond donors (Lipinski definition) is 0. The summed E-state index contributed by atoms with van der Waals surface area (Å²) in [5.41, 5.74) is 5.78. The van der Waals surface area contributed by atoms with Crippen molar-refractivity contribution in [3.05, 3.63) is 58.7 Å². The lowest BCUT2D eigenvalue weighted by Gasteiger charge is -1.92. The van der Waals surface area contributed by atoms with E-state index in [0.717, 1.165) is 21.5 Å². The molecule has 0 radical (unpaired) electrons. The largest absolute Gasteiger partial charge is 0.235 e. The Hall–Kier alpha value is -2.18. The Morgan fingerprint density at radius 1 is 1.00 bits per heavy atom. The lowest BCUT2D eigenvalue weighted by atomic mass is 10.1. The van der Waals surface area contributed by atoms with Gasteiger partial charge in [0.25, 0.3) is 0 Å². The standard InChI is InChI=1S/C15H10N2S/c1-11-2-4-12(5-3-11)6-7-13-8-14-15(16-9-13)17-10-18-14/h2-5,8-10H,1H3. The van der Waals surface area contributed by atoms with E-state index >= 15 is 0 Å². The van der Waals surface area contributed by atoms with Crippen LogP contribution in [0, 0.1) is 18.8 Å². The second kappa shape index (κ2) is 4.59. The molecule has 0 N–H and O–H groups in total. The highest BCUT2D eigenvalue weighted by atomic mass is 32.1. The number of fused-ring (bicyclic) bond motifs is 1. The maximum Gasteiger partial charge on any atom is 0.170 e. The van der Waals surface area contributed by atoms with Gasteiger partial charge in [-0.25, -0.2) is 9.97 Å². The topological polar surface area (TPSA) is 25.8 Å². The molecule has 3 rings (SSSR count). The van der Waals surface area contributed by atoms with Crippen molar-refractivity contribution >= 4 is 21.7 Å². The molecule has 2 nitrogen and oxygen atoms in total. The van der Waals surface area contributed by atoms with Crippen LogP contribution in [0.15, 0.2) is 42.0 Å². The van der Waals surface area contributed by atoms with E-state index in [4.69, 9.17) is 0 Å². The molecule has 0 spiro atoms. The summed E-state index contributed by atoms with van der Waals surface area (Å²) in [5, 5.41) is 0. The number of hydrogen-bond acceptors (Lipinski definition) is 3. The van der Waals surface area contributed by atoms with Gasteiger partial charge in [0, 0.05) is 17.3 Å². The number of pyridine rings is 1. The Kier molecular flexibility index (Phi) is 2.79. The summed E-state index contributed by atoms with van der Waals surface area (Å²) in [6.45, 7) is 2.07. The van der Waals surface area contributed by atoms with Crippen LogP contribution in [0.4, 0.5) is 0 Å². The third-order valence-corrected chi connectivity index (χ3v) is 3.36. The average Bonchev–Trinajstić information content (AvgIpc) is 2.85. The van der Waals surface area contributed by atoms with Crippen molar-refractivity contribution in [2.75, 3.05) is 0 Å². The molecule has 0 fully saturated rings. The normalized spacial score (nSPS) is 10.1. The first-order valence-electron chi connectivity index (χ1n) is 5.59. The van der Waals surface area contributed by atoms with Gasteiger partial charge >= 0.3 is 0 Å². The van der Waals surface area contributed by atoms with Crippen LogP contribution in [-0.4, -0.2) is 9.97 Å². The summed E-state index contributed by atoms with van der Waals surface area (Å²) in [4.78, 5) is 8.41. The Balaban J connectivity index is 1.94. The molecule has 0 saturated carbocycles. The quantitative estimate of drug-likeness (QED) is 0.571. The first kappa shape index (κ1) is 10.9. The van der Waals surface area contributed by atoms with E-state index in [1.165, 1.54) is 5.56 Å². The van der Waals surface area contributed by atoms with Gasteiger partial charge in [-0.3, -0.25) is 0 Å². The van der Waals surface area contributed by atoms with Gasteiger partial charge in [0.15, 0.2) is 5.65 Å². The van der Waals surface area contributed by atoms with Crippen molar-refractivity contribution < 1.29 is 0 Å². The van der Waals surface area contributed by atoms with Crippen LogP contribution in [0.25, 0.3) is 10.3 Å². The van der Waals surface area contributed by atoms with Crippen molar-refractivity contribution in [1.29, 1.82) is 0 Å². The van der Waals surface area contributed by atoms with E-state index in [1.807, 2.05) is 18.2 Å². The lowest BCUT2D eigenvalue weighted by molar-refractivity contribution is 1.32. The van der Waals surface area contributed by atoms with E-state index in [-0.39, 0.29) is 0 Å². The Labute approximate surface area is 109 Å². The predicted molar refractivity (Wildman–Crippen MR) is 74.6 cm³/mol. The van der Waals surface area contributed by atoms with E-state index in [0.29, 0.717) is 0 Å². The number of rotatable bonds is 0. The monoisotopic (exact) mass is 250 g/mol. The van der Waals surface area contributed by atoms with Gasteiger partial charge in [0.1, 0.15) is 0 Å². The smallest absolute Gasteiger partial charge is 0.170 e. The minimum Gasteiger partial charge on any atom is -0.235 e. The molecule has 0 aliphatic heterocycles. The highest BCUT2D eigenvalue weighted by molar-refractivity contribution is 7.16. The maximum atomic E-state index is 4.26. The molecule has 86 valence electrons. The molecular formula is C15H10N2S. The Morgan fingerprint density at radius 2 is 1.78 bits per heavy atom. The number of aryl methyl sites for hydroxylation is 1. The first-order valence-corrected chi connectivity index (χ1v) is 6.47. The molecule has 0 aliphatic rings. The Morgan fingerprint density at radius 3 is 2.61 bits per heavy atom. The second-order valence-electron chi connectivity index (χ2n) is 4.01. The van der Waals surface area contributed by atoms with Gasteiger partial charge in [-0.2, -0.15) is 0 Å². The van der Waals surface area contributed by atoms with Gasteiger partial charge < -0.3 is 0 Å². The summed E-state index contributed by atoms with van der Waals surface area (Å²) in [7, 11) is 0. The third kappa shape index (κ3) is 2.24. The second-order valence-corrected chi connectivity index (χ2v) is 4.90. The molecule has 0 aliphatic carbocycles. The predicted octanol–water partition coefficient (Wildman–Crippen LogP) is 3.40. The maximum absolute atomic E-state index is 4.26. The van der Waals surface area contributed by atoms with Crippen LogP contribution in [0.3, 0.4) is 0 Å². The molecule has 0 saturated heterocycles. The van der Waals surface area contributed by atoms with E-state index in [1.54, 1.807) is 23.0 Å². The first-order chi connectivity index (χ1) is 8.81. The zero-order valence-corrected chi connectivity index (χ0v) is 10.7. The Bertz CT molecular complexity index is 745. The molecule has 18 heavy (non-hydrogen) atoms. The number of aromatic nitrogens is 2. The molecule has 0 amide bonds. The molecule has 0 unspecified atom stereocenters. The zero-order valence-electron chi connectivity index (χ0n) is 9.84. The van der Waals surface area contributed by atoms with Crippen molar-refractivity contribution in [3.8, 4) is 11.8 Å². The fourth-order valence-electron chi connectivity index (χ4n) is 1.60. The molecule has 2 heterocycles. The van der Waals surface area contributed by atoms with E-state index < -0.39 is 0 Å². The summed E-state index contributed by atoms with van der Waals surface area (Å²) >= 11 is 1.58. The van der Waals surface area contributed by atoms with Crippen molar-refractivity contribution in [1.82, 2.24) is 9.97 Å². The van der Waals surface area contributed by atoms with E-state index in [2.05, 4.69) is 40.9 Å². The number of nitrogens with zero attached hydrogens (tertiary/aromatic N) is 2. The van der Waals surface area contributed by atoms with Crippen LogP contribution in [0.5, 0.6) is 0 Å². The van der Waals surface area contributed by atoms with Gasteiger partial charge in [-0.15, -0.1) is 11.3 Å². The van der Waals surface area contributed by atoms with E-state index in [9.17, 15) is 0 Å². The molecule has 3 heteroatoms. The lowest BCUT2D eigenvalue weighted by Crippen LogP contribution is -1.80. The highest BCUT2D eigenvalue weighted by Gasteiger charge is 1.97. The van der Waals surface area contributed by atoms with Gasteiger partial charge in [-0.1, -0.05) is 29.5 Å². The number of thiazole rings is 1. The molecular weight excluding hydrogens is 240 g/mol. The van der Waals surface area contributed by atoms with Gasteiger partial charge in [0.2, 0.25) is 0 Å². The molecule has 3 aromatic rings. The summed E-state index contributed by atoms with van der Waals surface area (Å²) < 4.78 is 1.07. The summed E-state index contributed by atoms with van der Waals surface area (Å²) in [6, 6.07) is 10.2. The van der Waals surface area contributed by atoms with Crippen LogP contribution >= 0.6 is 11.3 Å². The zero-order chi connectivity index (χ0) is 12.4.